The fraction of sp³-hybridized carbons (Fsp3) is 0.562. The zero-order valence-corrected chi connectivity index (χ0v) is 13.1. The van der Waals surface area contributed by atoms with Crippen molar-refractivity contribution < 1.29 is 9.53 Å². The number of hydrogen-bond acceptors (Lipinski definition) is 2. The van der Waals surface area contributed by atoms with Gasteiger partial charge in [-0.25, -0.2) is 0 Å². The van der Waals surface area contributed by atoms with Crippen LogP contribution in [0.4, 0.5) is 0 Å². The number of halogens is 1. The molecule has 0 aromatic heterocycles. The summed E-state index contributed by atoms with van der Waals surface area (Å²) in [7, 11) is 0. The van der Waals surface area contributed by atoms with Gasteiger partial charge >= 0.3 is 0 Å². The van der Waals surface area contributed by atoms with Crippen LogP contribution in [0.2, 0.25) is 5.02 Å². The Hall–Kier alpha value is -1.22. The summed E-state index contributed by atoms with van der Waals surface area (Å²) in [6.45, 7) is 6.58. The summed E-state index contributed by atoms with van der Waals surface area (Å²) in [6, 6.07) is 7.40. The highest BCUT2D eigenvalue weighted by Crippen LogP contribution is 2.25. The van der Waals surface area contributed by atoms with Gasteiger partial charge in [0.05, 0.1) is 0 Å². The van der Waals surface area contributed by atoms with Crippen molar-refractivity contribution >= 4 is 17.5 Å². The smallest absolute Gasteiger partial charge is 0.266 e. The van der Waals surface area contributed by atoms with Crippen molar-refractivity contribution in [2.75, 3.05) is 6.54 Å². The SMILES string of the molecule is C[C@H]1CCCCN1C(=O)C(C)(C)Oc1ccc(Cl)cc1. The summed E-state index contributed by atoms with van der Waals surface area (Å²) in [5.74, 6) is 0.720. The van der Waals surface area contributed by atoms with Crippen LogP contribution in [0.1, 0.15) is 40.0 Å². The summed E-state index contributed by atoms with van der Waals surface area (Å²) < 4.78 is 5.87. The van der Waals surface area contributed by atoms with Gasteiger partial charge in [0.25, 0.3) is 5.91 Å². The summed E-state index contributed by atoms with van der Waals surface area (Å²) in [4.78, 5) is 14.6. The van der Waals surface area contributed by atoms with Gasteiger partial charge < -0.3 is 9.64 Å². The molecule has 0 bridgehead atoms. The maximum atomic E-state index is 12.7. The summed E-state index contributed by atoms with van der Waals surface area (Å²) in [5.41, 5.74) is -0.862. The number of nitrogens with zero attached hydrogens (tertiary/aromatic N) is 1. The summed E-state index contributed by atoms with van der Waals surface area (Å²) in [6.07, 6.45) is 3.35. The lowest BCUT2D eigenvalue weighted by molar-refractivity contribution is -0.148. The lowest BCUT2D eigenvalue weighted by atomic mass is 9.99. The first-order valence-electron chi connectivity index (χ1n) is 7.16. The molecule has 0 N–H and O–H groups in total. The van der Waals surface area contributed by atoms with E-state index >= 15 is 0 Å². The van der Waals surface area contributed by atoms with E-state index in [9.17, 15) is 4.79 Å². The monoisotopic (exact) mass is 295 g/mol. The molecule has 0 unspecified atom stereocenters. The van der Waals surface area contributed by atoms with Crippen LogP contribution in [-0.2, 0) is 4.79 Å². The number of carbonyl (C=O) groups excluding carboxylic acids is 1. The molecule has 1 fully saturated rings. The van der Waals surface area contributed by atoms with E-state index in [4.69, 9.17) is 16.3 Å². The van der Waals surface area contributed by atoms with E-state index < -0.39 is 5.60 Å². The molecule has 1 saturated heterocycles. The number of carbonyl (C=O) groups is 1. The first kappa shape index (κ1) is 15.2. The predicted molar refractivity (Wildman–Crippen MR) is 81.2 cm³/mol. The van der Waals surface area contributed by atoms with Crippen molar-refractivity contribution in [2.45, 2.75) is 51.7 Å². The largest absolute Gasteiger partial charge is 0.478 e. The Balaban J connectivity index is 2.08. The molecule has 0 spiro atoms. The van der Waals surface area contributed by atoms with Gasteiger partial charge in [0.1, 0.15) is 5.75 Å². The van der Waals surface area contributed by atoms with Crippen LogP contribution in [0, 0.1) is 0 Å². The highest BCUT2D eigenvalue weighted by molar-refractivity contribution is 6.30. The molecule has 1 aliphatic heterocycles. The minimum Gasteiger partial charge on any atom is -0.478 e. The van der Waals surface area contributed by atoms with Crippen LogP contribution in [0.3, 0.4) is 0 Å². The molecule has 0 radical (unpaired) electrons. The van der Waals surface area contributed by atoms with Gasteiger partial charge in [0.15, 0.2) is 5.60 Å². The quantitative estimate of drug-likeness (QED) is 0.846. The van der Waals surface area contributed by atoms with E-state index in [2.05, 4.69) is 6.92 Å². The number of amides is 1. The molecule has 1 amide bonds. The normalized spacial score (nSPS) is 19.8. The molecule has 4 heteroatoms. The number of piperidine rings is 1. The van der Waals surface area contributed by atoms with Crippen molar-refractivity contribution in [2.24, 2.45) is 0 Å². The zero-order chi connectivity index (χ0) is 14.8. The van der Waals surface area contributed by atoms with Gasteiger partial charge in [0, 0.05) is 17.6 Å². The van der Waals surface area contributed by atoms with E-state index in [0.29, 0.717) is 16.8 Å². The fourth-order valence-corrected chi connectivity index (χ4v) is 2.71. The zero-order valence-electron chi connectivity index (χ0n) is 12.4. The summed E-state index contributed by atoms with van der Waals surface area (Å²) >= 11 is 5.86. The lowest BCUT2D eigenvalue weighted by Gasteiger charge is -2.38. The third-order valence-electron chi connectivity index (χ3n) is 3.77. The van der Waals surface area contributed by atoms with Crippen LogP contribution >= 0.6 is 11.6 Å². The van der Waals surface area contributed by atoms with Crippen LogP contribution in [0.15, 0.2) is 24.3 Å². The Labute approximate surface area is 125 Å². The highest BCUT2D eigenvalue weighted by Gasteiger charge is 2.37. The third-order valence-corrected chi connectivity index (χ3v) is 4.02. The molecule has 3 nitrogen and oxygen atoms in total. The number of likely N-dealkylation sites (tertiary alicyclic amines) is 1. The molecule has 0 aliphatic carbocycles. The minimum absolute atomic E-state index is 0.0552. The van der Waals surface area contributed by atoms with E-state index in [1.807, 2.05) is 18.7 Å². The van der Waals surface area contributed by atoms with Crippen molar-refractivity contribution in [3.05, 3.63) is 29.3 Å². The molecule has 1 aliphatic rings. The topological polar surface area (TPSA) is 29.5 Å². The Morgan fingerprint density at radius 2 is 1.95 bits per heavy atom. The van der Waals surface area contributed by atoms with Crippen LogP contribution in [-0.4, -0.2) is 29.0 Å². The molecule has 2 rings (SSSR count). The maximum absolute atomic E-state index is 12.7. The standard InChI is InChI=1S/C16H22ClNO2/c1-12-6-4-5-11-18(12)15(19)16(2,3)20-14-9-7-13(17)8-10-14/h7-10,12H,4-6,11H2,1-3H3/t12-/m0/s1. The molecule has 1 atom stereocenters. The second-order valence-corrected chi connectivity index (χ2v) is 6.35. The van der Waals surface area contributed by atoms with E-state index in [-0.39, 0.29) is 5.91 Å². The first-order chi connectivity index (χ1) is 9.40. The van der Waals surface area contributed by atoms with Gasteiger partial charge in [-0.05, 0) is 64.3 Å². The maximum Gasteiger partial charge on any atom is 0.266 e. The first-order valence-corrected chi connectivity index (χ1v) is 7.53. The summed E-state index contributed by atoms with van der Waals surface area (Å²) in [5, 5.41) is 0.658. The Morgan fingerprint density at radius 1 is 1.30 bits per heavy atom. The van der Waals surface area contributed by atoms with Crippen molar-refractivity contribution in [3.8, 4) is 5.75 Å². The van der Waals surface area contributed by atoms with Gasteiger partial charge in [-0.2, -0.15) is 0 Å². The molecule has 1 aromatic carbocycles. The molecule has 1 aromatic rings. The lowest BCUT2D eigenvalue weighted by Crippen LogP contribution is -2.53. The van der Waals surface area contributed by atoms with Crippen molar-refractivity contribution in [3.63, 3.8) is 0 Å². The van der Waals surface area contributed by atoms with Crippen LogP contribution < -0.4 is 4.74 Å². The van der Waals surface area contributed by atoms with E-state index in [0.717, 1.165) is 19.4 Å². The third kappa shape index (κ3) is 3.45. The number of benzene rings is 1. The van der Waals surface area contributed by atoms with Crippen molar-refractivity contribution in [1.29, 1.82) is 0 Å². The van der Waals surface area contributed by atoms with E-state index in [1.165, 1.54) is 6.42 Å². The second-order valence-electron chi connectivity index (χ2n) is 5.91. The second kappa shape index (κ2) is 6.04. The molecule has 0 saturated carbocycles. The average molecular weight is 296 g/mol. The van der Waals surface area contributed by atoms with Gasteiger partial charge in [-0.1, -0.05) is 11.6 Å². The van der Waals surface area contributed by atoms with Crippen LogP contribution in [0.5, 0.6) is 5.75 Å². The molecular weight excluding hydrogens is 274 g/mol. The fourth-order valence-electron chi connectivity index (χ4n) is 2.59. The Bertz CT molecular complexity index is 470. The highest BCUT2D eigenvalue weighted by atomic mass is 35.5. The Kier molecular flexibility index (Phi) is 4.59. The predicted octanol–water partition coefficient (Wildman–Crippen LogP) is 3.90. The van der Waals surface area contributed by atoms with Gasteiger partial charge in [0.2, 0.25) is 0 Å². The van der Waals surface area contributed by atoms with E-state index in [1.54, 1.807) is 24.3 Å². The van der Waals surface area contributed by atoms with Crippen LogP contribution in [0.25, 0.3) is 0 Å². The van der Waals surface area contributed by atoms with Crippen molar-refractivity contribution in [1.82, 2.24) is 4.90 Å². The number of rotatable bonds is 3. The number of ether oxygens (including phenoxy) is 1. The molecular formula is C16H22ClNO2. The molecule has 20 heavy (non-hydrogen) atoms. The average Bonchev–Trinajstić information content (AvgIpc) is 2.41. The van der Waals surface area contributed by atoms with Gasteiger partial charge in [-0.15, -0.1) is 0 Å². The minimum atomic E-state index is -0.862. The number of hydrogen-bond donors (Lipinski definition) is 0. The molecule has 110 valence electrons. The van der Waals surface area contributed by atoms with Gasteiger partial charge in [-0.3, -0.25) is 4.79 Å². The molecule has 1 heterocycles. The Morgan fingerprint density at radius 3 is 2.55 bits per heavy atom.